The van der Waals surface area contributed by atoms with Crippen LogP contribution in [0.2, 0.25) is 0 Å². The topological polar surface area (TPSA) is 84.2 Å². The van der Waals surface area contributed by atoms with Gasteiger partial charge in [0.05, 0.1) is 12.5 Å². The smallest absolute Gasteiger partial charge is 0.239 e. The zero-order chi connectivity index (χ0) is 15.3. The number of hydrogen-bond donors (Lipinski definition) is 3. The van der Waals surface area contributed by atoms with Crippen LogP contribution in [-0.2, 0) is 9.59 Å². The number of hydrogen-bond acceptors (Lipinski definition) is 3. The van der Waals surface area contributed by atoms with E-state index in [1.54, 1.807) is 25.1 Å². The molecule has 0 radical (unpaired) electrons. The molecule has 0 aromatic heterocycles. The maximum absolute atomic E-state index is 12.0. The zero-order valence-corrected chi connectivity index (χ0v) is 12.5. The molecule has 0 saturated heterocycles. The van der Waals surface area contributed by atoms with Gasteiger partial charge in [-0.1, -0.05) is 12.1 Å². The third kappa shape index (κ3) is 5.30. The van der Waals surface area contributed by atoms with E-state index in [9.17, 15) is 9.59 Å². The number of nitrogens with one attached hydrogen (secondary N) is 2. The van der Waals surface area contributed by atoms with Gasteiger partial charge in [-0.3, -0.25) is 9.59 Å². The SMILES string of the molecule is CC(C(=O)NCC(=O)NC(C)(C)C)c1cccc(N)c1. The molecule has 0 heterocycles. The average Bonchev–Trinajstić information content (AvgIpc) is 2.33. The molecule has 1 aromatic rings. The largest absolute Gasteiger partial charge is 0.399 e. The highest BCUT2D eigenvalue weighted by atomic mass is 16.2. The maximum atomic E-state index is 12.0. The molecule has 1 atom stereocenters. The zero-order valence-electron chi connectivity index (χ0n) is 12.5. The minimum atomic E-state index is -0.346. The molecule has 5 heteroatoms. The van der Waals surface area contributed by atoms with Gasteiger partial charge in [-0.15, -0.1) is 0 Å². The number of nitrogens with two attached hydrogens (primary N) is 1. The first-order valence-corrected chi connectivity index (χ1v) is 6.63. The highest BCUT2D eigenvalue weighted by molar-refractivity contribution is 5.88. The molecule has 4 N–H and O–H groups in total. The van der Waals surface area contributed by atoms with E-state index in [2.05, 4.69) is 10.6 Å². The number of benzene rings is 1. The van der Waals surface area contributed by atoms with Crippen molar-refractivity contribution in [2.24, 2.45) is 0 Å². The number of nitrogen functional groups attached to an aromatic ring is 1. The Morgan fingerprint density at radius 3 is 2.50 bits per heavy atom. The van der Waals surface area contributed by atoms with Crippen LogP contribution in [0.4, 0.5) is 5.69 Å². The van der Waals surface area contributed by atoms with E-state index < -0.39 is 0 Å². The van der Waals surface area contributed by atoms with Crippen molar-refractivity contribution in [3.05, 3.63) is 29.8 Å². The summed E-state index contributed by atoms with van der Waals surface area (Å²) in [6, 6.07) is 7.18. The van der Waals surface area contributed by atoms with E-state index in [-0.39, 0.29) is 29.8 Å². The van der Waals surface area contributed by atoms with Crippen LogP contribution in [0.25, 0.3) is 0 Å². The fourth-order valence-corrected chi connectivity index (χ4v) is 1.76. The lowest BCUT2D eigenvalue weighted by Gasteiger charge is -2.21. The van der Waals surface area contributed by atoms with Crippen molar-refractivity contribution < 1.29 is 9.59 Å². The summed E-state index contributed by atoms with van der Waals surface area (Å²) in [6.07, 6.45) is 0. The van der Waals surface area contributed by atoms with E-state index in [1.165, 1.54) is 0 Å². The van der Waals surface area contributed by atoms with E-state index >= 15 is 0 Å². The van der Waals surface area contributed by atoms with Crippen molar-refractivity contribution in [1.82, 2.24) is 10.6 Å². The second kappa shape index (κ2) is 6.41. The fourth-order valence-electron chi connectivity index (χ4n) is 1.76. The molecule has 5 nitrogen and oxygen atoms in total. The minimum absolute atomic E-state index is 0.0250. The molecule has 0 fully saturated rings. The van der Waals surface area contributed by atoms with Crippen LogP contribution in [0, 0.1) is 0 Å². The molecule has 0 aliphatic rings. The van der Waals surface area contributed by atoms with Gasteiger partial charge in [-0.25, -0.2) is 0 Å². The normalized spacial score (nSPS) is 12.6. The number of rotatable bonds is 4. The van der Waals surface area contributed by atoms with Crippen molar-refractivity contribution in [3.63, 3.8) is 0 Å². The van der Waals surface area contributed by atoms with Gasteiger partial charge in [0.25, 0.3) is 0 Å². The molecule has 1 aromatic carbocycles. The maximum Gasteiger partial charge on any atom is 0.239 e. The Hall–Kier alpha value is -2.04. The Morgan fingerprint density at radius 2 is 1.95 bits per heavy atom. The van der Waals surface area contributed by atoms with Gasteiger partial charge in [0.15, 0.2) is 0 Å². The number of amides is 2. The van der Waals surface area contributed by atoms with Gasteiger partial charge < -0.3 is 16.4 Å². The standard InChI is InChI=1S/C15H23N3O2/c1-10(11-6-5-7-12(16)8-11)14(20)17-9-13(19)18-15(2,3)4/h5-8,10H,9,16H2,1-4H3,(H,17,20)(H,18,19). The van der Waals surface area contributed by atoms with Crippen LogP contribution in [-0.4, -0.2) is 23.9 Å². The van der Waals surface area contributed by atoms with Gasteiger partial charge in [0.1, 0.15) is 0 Å². The summed E-state index contributed by atoms with van der Waals surface area (Å²) in [7, 11) is 0. The summed E-state index contributed by atoms with van der Waals surface area (Å²) in [5.41, 5.74) is 6.84. The summed E-state index contributed by atoms with van der Waals surface area (Å²) in [5.74, 6) is -0.744. The lowest BCUT2D eigenvalue weighted by molar-refractivity contribution is -0.127. The average molecular weight is 277 g/mol. The highest BCUT2D eigenvalue weighted by Gasteiger charge is 2.18. The number of carbonyl (C=O) groups is 2. The molecule has 0 spiro atoms. The molecule has 2 amide bonds. The van der Waals surface area contributed by atoms with Gasteiger partial charge in [0.2, 0.25) is 11.8 Å². The molecule has 20 heavy (non-hydrogen) atoms. The first kappa shape index (κ1) is 16.0. The summed E-state index contributed by atoms with van der Waals surface area (Å²) in [6.45, 7) is 7.43. The van der Waals surface area contributed by atoms with Crippen LogP contribution >= 0.6 is 0 Å². The summed E-state index contributed by atoms with van der Waals surface area (Å²) in [4.78, 5) is 23.6. The van der Waals surface area contributed by atoms with Gasteiger partial charge in [0, 0.05) is 11.2 Å². The summed E-state index contributed by atoms with van der Waals surface area (Å²) < 4.78 is 0. The van der Waals surface area contributed by atoms with Crippen molar-refractivity contribution in [2.75, 3.05) is 12.3 Å². The predicted molar refractivity (Wildman–Crippen MR) is 80.2 cm³/mol. The van der Waals surface area contributed by atoms with Crippen LogP contribution in [0.1, 0.15) is 39.2 Å². The van der Waals surface area contributed by atoms with Crippen LogP contribution in [0.3, 0.4) is 0 Å². The molecular weight excluding hydrogens is 254 g/mol. The van der Waals surface area contributed by atoms with Crippen LogP contribution in [0.5, 0.6) is 0 Å². The molecule has 0 aliphatic heterocycles. The van der Waals surface area contributed by atoms with Crippen molar-refractivity contribution in [2.45, 2.75) is 39.2 Å². The second-order valence-electron chi connectivity index (χ2n) is 5.91. The van der Waals surface area contributed by atoms with E-state index in [0.717, 1.165) is 5.56 Å². The van der Waals surface area contributed by atoms with Gasteiger partial charge >= 0.3 is 0 Å². The Balaban J connectivity index is 2.53. The molecule has 1 rings (SSSR count). The summed E-state index contributed by atoms with van der Waals surface area (Å²) >= 11 is 0. The minimum Gasteiger partial charge on any atom is -0.399 e. The molecule has 0 saturated carbocycles. The molecule has 0 aliphatic carbocycles. The van der Waals surface area contributed by atoms with Gasteiger partial charge in [-0.2, -0.15) is 0 Å². The Labute approximate surface area is 119 Å². The monoisotopic (exact) mass is 277 g/mol. The number of anilines is 1. The second-order valence-corrected chi connectivity index (χ2v) is 5.91. The van der Waals surface area contributed by atoms with Crippen molar-refractivity contribution in [3.8, 4) is 0 Å². The molecular formula is C15H23N3O2. The van der Waals surface area contributed by atoms with Crippen molar-refractivity contribution >= 4 is 17.5 Å². The van der Waals surface area contributed by atoms with E-state index in [0.29, 0.717) is 5.69 Å². The van der Waals surface area contributed by atoms with Crippen molar-refractivity contribution in [1.29, 1.82) is 0 Å². The lowest BCUT2D eigenvalue weighted by Crippen LogP contribution is -2.46. The third-order valence-electron chi connectivity index (χ3n) is 2.74. The molecule has 1 unspecified atom stereocenters. The molecule has 0 bridgehead atoms. The van der Waals surface area contributed by atoms with Gasteiger partial charge in [-0.05, 0) is 45.4 Å². The Morgan fingerprint density at radius 1 is 1.30 bits per heavy atom. The highest BCUT2D eigenvalue weighted by Crippen LogP contribution is 2.17. The Kier molecular flexibility index (Phi) is 5.13. The Bertz CT molecular complexity index is 492. The van der Waals surface area contributed by atoms with Crippen LogP contribution < -0.4 is 16.4 Å². The first-order chi connectivity index (χ1) is 9.19. The first-order valence-electron chi connectivity index (χ1n) is 6.63. The predicted octanol–water partition coefficient (Wildman–Crippen LogP) is 1.40. The lowest BCUT2D eigenvalue weighted by atomic mass is 10.00. The number of carbonyl (C=O) groups excluding carboxylic acids is 2. The van der Waals surface area contributed by atoms with E-state index in [1.807, 2.05) is 26.8 Å². The quantitative estimate of drug-likeness (QED) is 0.727. The summed E-state index contributed by atoms with van der Waals surface area (Å²) in [5, 5.41) is 5.42. The van der Waals surface area contributed by atoms with E-state index in [4.69, 9.17) is 5.73 Å². The molecule has 110 valence electrons. The van der Waals surface area contributed by atoms with Crippen LogP contribution in [0.15, 0.2) is 24.3 Å². The fraction of sp³-hybridized carbons (Fsp3) is 0.467. The third-order valence-corrected chi connectivity index (χ3v) is 2.74.